The van der Waals surface area contributed by atoms with E-state index in [-0.39, 0.29) is 5.91 Å². The first-order valence-corrected chi connectivity index (χ1v) is 7.92. The van der Waals surface area contributed by atoms with E-state index in [1.165, 1.54) is 12.8 Å². The van der Waals surface area contributed by atoms with Crippen molar-refractivity contribution in [3.63, 3.8) is 0 Å². The molecule has 0 spiro atoms. The van der Waals surface area contributed by atoms with Crippen LogP contribution < -0.4 is 11.1 Å². The molecular weight excluding hydrogens is 236 g/mol. The molecule has 2 atom stereocenters. The average Bonchev–Trinajstić information content (AvgIpc) is 2.27. The van der Waals surface area contributed by atoms with Gasteiger partial charge in [0.05, 0.1) is 0 Å². The SMILES string of the molecule is CC(C)C(CNC(=O)CC1CCCC(N)C1)C(C)C. The van der Waals surface area contributed by atoms with Crippen LogP contribution in [-0.4, -0.2) is 18.5 Å². The summed E-state index contributed by atoms with van der Waals surface area (Å²) in [5.41, 5.74) is 5.97. The summed E-state index contributed by atoms with van der Waals surface area (Å²) in [5, 5.41) is 3.13. The number of carbonyl (C=O) groups excluding carboxylic acids is 1. The first kappa shape index (κ1) is 16.5. The molecule has 1 rings (SSSR count). The van der Waals surface area contributed by atoms with E-state index in [4.69, 9.17) is 5.73 Å². The van der Waals surface area contributed by atoms with Gasteiger partial charge in [-0.2, -0.15) is 0 Å². The number of carbonyl (C=O) groups is 1. The standard InChI is InChI=1S/C16H32N2O/c1-11(2)15(12(3)4)10-18-16(19)9-13-6-5-7-14(17)8-13/h11-15H,5-10,17H2,1-4H3,(H,18,19). The van der Waals surface area contributed by atoms with Gasteiger partial charge in [-0.25, -0.2) is 0 Å². The van der Waals surface area contributed by atoms with Crippen molar-refractivity contribution in [2.75, 3.05) is 6.54 Å². The summed E-state index contributed by atoms with van der Waals surface area (Å²) in [5.74, 6) is 2.51. The molecule has 3 nitrogen and oxygen atoms in total. The van der Waals surface area contributed by atoms with Crippen molar-refractivity contribution in [2.45, 2.75) is 65.8 Å². The summed E-state index contributed by atoms with van der Waals surface area (Å²) >= 11 is 0. The third-order valence-electron chi connectivity index (χ3n) is 4.54. The molecule has 3 N–H and O–H groups in total. The van der Waals surface area contributed by atoms with Gasteiger partial charge in [0.15, 0.2) is 0 Å². The predicted molar refractivity (Wildman–Crippen MR) is 80.7 cm³/mol. The Hall–Kier alpha value is -0.570. The van der Waals surface area contributed by atoms with Crippen LogP contribution >= 0.6 is 0 Å². The van der Waals surface area contributed by atoms with Crippen LogP contribution in [0, 0.1) is 23.7 Å². The second-order valence-corrected chi connectivity index (χ2v) is 6.95. The summed E-state index contributed by atoms with van der Waals surface area (Å²) in [4.78, 5) is 12.0. The van der Waals surface area contributed by atoms with E-state index < -0.39 is 0 Å². The van der Waals surface area contributed by atoms with Crippen molar-refractivity contribution < 1.29 is 4.79 Å². The van der Waals surface area contributed by atoms with Gasteiger partial charge in [0.2, 0.25) is 5.91 Å². The number of hydrogen-bond acceptors (Lipinski definition) is 2. The fourth-order valence-corrected chi connectivity index (χ4v) is 3.33. The maximum absolute atomic E-state index is 12.0. The Morgan fingerprint density at radius 2 is 1.84 bits per heavy atom. The van der Waals surface area contributed by atoms with Crippen molar-refractivity contribution in [2.24, 2.45) is 29.4 Å². The van der Waals surface area contributed by atoms with Crippen LogP contribution in [0.2, 0.25) is 0 Å². The molecule has 0 aliphatic heterocycles. The van der Waals surface area contributed by atoms with Gasteiger partial charge < -0.3 is 11.1 Å². The summed E-state index contributed by atoms with van der Waals surface area (Å²) in [6.07, 6.45) is 5.15. The topological polar surface area (TPSA) is 55.1 Å². The third kappa shape index (κ3) is 5.94. The molecule has 0 heterocycles. The maximum atomic E-state index is 12.0. The quantitative estimate of drug-likeness (QED) is 0.778. The Kier molecular flexibility index (Phi) is 6.84. The van der Waals surface area contributed by atoms with Gasteiger partial charge in [0, 0.05) is 19.0 Å². The first-order chi connectivity index (χ1) is 8.90. The van der Waals surface area contributed by atoms with Crippen molar-refractivity contribution >= 4 is 5.91 Å². The zero-order chi connectivity index (χ0) is 14.4. The van der Waals surface area contributed by atoms with Gasteiger partial charge in [0.25, 0.3) is 0 Å². The van der Waals surface area contributed by atoms with Crippen LogP contribution in [-0.2, 0) is 4.79 Å². The number of hydrogen-bond donors (Lipinski definition) is 2. The lowest BCUT2D eigenvalue weighted by Gasteiger charge is -2.27. The van der Waals surface area contributed by atoms with Gasteiger partial charge >= 0.3 is 0 Å². The molecule has 0 aromatic heterocycles. The van der Waals surface area contributed by atoms with E-state index in [1.807, 2.05) is 0 Å². The van der Waals surface area contributed by atoms with Crippen LogP contribution in [0.5, 0.6) is 0 Å². The van der Waals surface area contributed by atoms with E-state index >= 15 is 0 Å². The van der Waals surface area contributed by atoms with Crippen molar-refractivity contribution in [3.05, 3.63) is 0 Å². The van der Waals surface area contributed by atoms with Crippen LogP contribution in [0.25, 0.3) is 0 Å². The van der Waals surface area contributed by atoms with Gasteiger partial charge in [-0.05, 0) is 42.9 Å². The van der Waals surface area contributed by atoms with Gasteiger partial charge in [-0.1, -0.05) is 34.1 Å². The monoisotopic (exact) mass is 268 g/mol. The Balaban J connectivity index is 2.30. The molecule has 0 aromatic carbocycles. The second-order valence-electron chi connectivity index (χ2n) is 6.95. The molecule has 1 amide bonds. The maximum Gasteiger partial charge on any atom is 0.220 e. The number of nitrogens with two attached hydrogens (primary N) is 1. The zero-order valence-electron chi connectivity index (χ0n) is 13.1. The lowest BCUT2D eigenvalue weighted by Crippen LogP contribution is -2.36. The minimum Gasteiger partial charge on any atom is -0.356 e. The van der Waals surface area contributed by atoms with Crippen LogP contribution in [0.15, 0.2) is 0 Å². The highest BCUT2D eigenvalue weighted by molar-refractivity contribution is 5.76. The Labute approximate surface area is 118 Å². The highest BCUT2D eigenvalue weighted by Crippen LogP contribution is 2.26. The number of rotatable bonds is 6. The minimum atomic E-state index is 0.213. The molecule has 0 radical (unpaired) electrons. The fourth-order valence-electron chi connectivity index (χ4n) is 3.33. The number of amides is 1. The largest absolute Gasteiger partial charge is 0.356 e. The van der Waals surface area contributed by atoms with Crippen LogP contribution in [0.4, 0.5) is 0 Å². The number of nitrogens with one attached hydrogen (secondary N) is 1. The lowest BCUT2D eigenvalue weighted by molar-refractivity contribution is -0.122. The van der Waals surface area contributed by atoms with Crippen LogP contribution in [0.1, 0.15) is 59.8 Å². The Bertz CT molecular complexity index is 268. The third-order valence-corrected chi connectivity index (χ3v) is 4.54. The van der Waals surface area contributed by atoms with E-state index in [0.29, 0.717) is 36.1 Å². The lowest BCUT2D eigenvalue weighted by atomic mass is 9.83. The molecule has 1 aliphatic rings. The molecule has 1 saturated carbocycles. The molecule has 19 heavy (non-hydrogen) atoms. The van der Waals surface area contributed by atoms with Crippen molar-refractivity contribution in [1.82, 2.24) is 5.32 Å². The smallest absolute Gasteiger partial charge is 0.220 e. The van der Waals surface area contributed by atoms with Gasteiger partial charge in [-0.15, -0.1) is 0 Å². The highest BCUT2D eigenvalue weighted by Gasteiger charge is 2.23. The second kappa shape index (κ2) is 7.88. The summed E-state index contributed by atoms with van der Waals surface area (Å²) < 4.78 is 0. The normalized spacial score (nSPS) is 24.2. The molecule has 2 unspecified atom stereocenters. The van der Waals surface area contributed by atoms with E-state index in [1.54, 1.807) is 0 Å². The summed E-state index contributed by atoms with van der Waals surface area (Å²) in [6, 6.07) is 0.311. The molecule has 0 aromatic rings. The van der Waals surface area contributed by atoms with Crippen molar-refractivity contribution in [3.8, 4) is 0 Å². The summed E-state index contributed by atoms with van der Waals surface area (Å²) in [6.45, 7) is 9.74. The molecule has 0 saturated heterocycles. The molecular formula is C16H32N2O. The van der Waals surface area contributed by atoms with Crippen LogP contribution in [0.3, 0.4) is 0 Å². The average molecular weight is 268 g/mol. The zero-order valence-corrected chi connectivity index (χ0v) is 13.1. The Morgan fingerprint density at radius 3 is 2.37 bits per heavy atom. The van der Waals surface area contributed by atoms with E-state index in [2.05, 4.69) is 33.0 Å². The highest BCUT2D eigenvalue weighted by atomic mass is 16.1. The van der Waals surface area contributed by atoms with Crippen molar-refractivity contribution in [1.29, 1.82) is 0 Å². The van der Waals surface area contributed by atoms with Gasteiger partial charge in [-0.3, -0.25) is 4.79 Å². The molecule has 0 bridgehead atoms. The summed E-state index contributed by atoms with van der Waals surface area (Å²) in [7, 11) is 0. The predicted octanol–water partition coefficient (Wildman–Crippen LogP) is 2.94. The Morgan fingerprint density at radius 1 is 1.21 bits per heavy atom. The minimum absolute atomic E-state index is 0.213. The first-order valence-electron chi connectivity index (χ1n) is 7.92. The molecule has 3 heteroatoms. The van der Waals surface area contributed by atoms with E-state index in [0.717, 1.165) is 19.4 Å². The fraction of sp³-hybridized carbons (Fsp3) is 0.938. The molecule has 1 aliphatic carbocycles. The molecule has 112 valence electrons. The van der Waals surface area contributed by atoms with Gasteiger partial charge in [0.1, 0.15) is 0 Å². The van der Waals surface area contributed by atoms with E-state index in [9.17, 15) is 4.79 Å². The molecule has 1 fully saturated rings.